The van der Waals surface area contributed by atoms with E-state index in [1.807, 2.05) is 0 Å². The molecule has 0 saturated carbocycles. The highest BCUT2D eigenvalue weighted by Gasteiger charge is 1.98. The van der Waals surface area contributed by atoms with Crippen molar-refractivity contribution >= 4 is 12.1 Å². The van der Waals surface area contributed by atoms with Crippen LogP contribution in [-0.4, -0.2) is 12.1 Å². The highest BCUT2D eigenvalue weighted by Crippen LogP contribution is 1.94. The minimum atomic E-state index is -0.464. The zero-order valence-corrected chi connectivity index (χ0v) is 5.90. The van der Waals surface area contributed by atoms with Crippen molar-refractivity contribution in [2.45, 2.75) is 0 Å². The lowest BCUT2D eigenvalue weighted by molar-refractivity contribution is -0.114. The summed E-state index contributed by atoms with van der Waals surface area (Å²) in [5.74, 6) is -0.464. The summed E-state index contributed by atoms with van der Waals surface area (Å²) in [4.78, 5) is 14.4. The smallest absolute Gasteiger partial charge is 0.250 e. The summed E-state index contributed by atoms with van der Waals surface area (Å²) in [6.45, 7) is 0. The SMILES string of the molecule is NC(=O)C1=C/C=C\C=C/N=C1. The highest BCUT2D eigenvalue weighted by atomic mass is 16.1. The van der Waals surface area contributed by atoms with Gasteiger partial charge in [-0.05, 0) is 12.2 Å². The van der Waals surface area contributed by atoms with Gasteiger partial charge in [0.25, 0.3) is 0 Å². The van der Waals surface area contributed by atoms with Crippen molar-refractivity contribution in [2.24, 2.45) is 10.7 Å². The Balaban J connectivity index is 2.87. The van der Waals surface area contributed by atoms with Crippen molar-refractivity contribution in [2.75, 3.05) is 0 Å². The van der Waals surface area contributed by atoms with Gasteiger partial charge < -0.3 is 5.73 Å². The molecule has 1 amide bonds. The minimum absolute atomic E-state index is 0.408. The third-order valence-electron chi connectivity index (χ3n) is 1.17. The summed E-state index contributed by atoms with van der Waals surface area (Å²) in [7, 11) is 0. The Labute approximate surface area is 64.6 Å². The Bertz CT molecular complexity index is 272. The molecule has 0 saturated heterocycles. The predicted octanol–water partition coefficient (Wildman–Crippen LogP) is 0.552. The first-order chi connectivity index (χ1) is 5.30. The molecule has 56 valence electrons. The van der Waals surface area contributed by atoms with Crippen molar-refractivity contribution in [1.29, 1.82) is 0 Å². The maximum Gasteiger partial charge on any atom is 0.250 e. The van der Waals surface area contributed by atoms with Crippen LogP contribution in [0.25, 0.3) is 0 Å². The average Bonchev–Trinajstić information content (AvgIpc) is 1.84. The number of nitrogens with two attached hydrogens (primary N) is 1. The molecule has 2 N–H and O–H groups in total. The lowest BCUT2D eigenvalue weighted by Gasteiger charge is -1.92. The van der Waals surface area contributed by atoms with Gasteiger partial charge in [0.05, 0.1) is 5.57 Å². The number of carbonyl (C=O) groups is 1. The quantitative estimate of drug-likeness (QED) is 0.580. The topological polar surface area (TPSA) is 55.5 Å². The van der Waals surface area contributed by atoms with E-state index in [1.54, 1.807) is 30.5 Å². The first-order valence-electron chi connectivity index (χ1n) is 3.17. The van der Waals surface area contributed by atoms with Gasteiger partial charge in [0.2, 0.25) is 5.91 Å². The Hall–Kier alpha value is -1.64. The van der Waals surface area contributed by atoms with Crippen LogP contribution in [0.1, 0.15) is 0 Å². The maximum absolute atomic E-state index is 10.6. The molecule has 0 aromatic carbocycles. The fourth-order valence-electron chi connectivity index (χ4n) is 0.635. The number of hydrogen-bond acceptors (Lipinski definition) is 2. The molecule has 1 aliphatic heterocycles. The van der Waals surface area contributed by atoms with Crippen LogP contribution in [0.2, 0.25) is 0 Å². The van der Waals surface area contributed by atoms with Crippen molar-refractivity contribution in [3.63, 3.8) is 0 Å². The van der Waals surface area contributed by atoms with Crippen LogP contribution >= 0.6 is 0 Å². The van der Waals surface area contributed by atoms with Gasteiger partial charge in [0.15, 0.2) is 0 Å². The van der Waals surface area contributed by atoms with Gasteiger partial charge in [-0.2, -0.15) is 0 Å². The van der Waals surface area contributed by atoms with Crippen LogP contribution in [0.3, 0.4) is 0 Å². The van der Waals surface area contributed by atoms with Crippen LogP contribution in [0.5, 0.6) is 0 Å². The summed E-state index contributed by atoms with van der Waals surface area (Å²) in [5.41, 5.74) is 5.44. The van der Waals surface area contributed by atoms with Crippen LogP contribution in [0.4, 0.5) is 0 Å². The van der Waals surface area contributed by atoms with E-state index in [-0.39, 0.29) is 0 Å². The fraction of sp³-hybridized carbons (Fsp3) is 0. The highest BCUT2D eigenvalue weighted by molar-refractivity contribution is 6.11. The third-order valence-corrected chi connectivity index (χ3v) is 1.17. The molecule has 1 aliphatic rings. The second-order valence-electron chi connectivity index (χ2n) is 1.99. The summed E-state index contributed by atoms with van der Waals surface area (Å²) in [6.07, 6.45) is 9.93. The molecule has 0 aromatic rings. The molecule has 3 heteroatoms. The van der Waals surface area contributed by atoms with Crippen LogP contribution in [-0.2, 0) is 4.79 Å². The van der Waals surface area contributed by atoms with Crippen LogP contribution < -0.4 is 5.73 Å². The van der Waals surface area contributed by atoms with Gasteiger partial charge in [-0.15, -0.1) is 0 Å². The van der Waals surface area contributed by atoms with Crippen molar-refractivity contribution in [3.05, 3.63) is 36.1 Å². The van der Waals surface area contributed by atoms with Gasteiger partial charge in [-0.25, -0.2) is 0 Å². The first-order valence-corrected chi connectivity index (χ1v) is 3.17. The van der Waals surface area contributed by atoms with Crippen molar-refractivity contribution in [1.82, 2.24) is 0 Å². The van der Waals surface area contributed by atoms with Crippen LogP contribution in [0.15, 0.2) is 41.1 Å². The number of allylic oxidation sites excluding steroid dienone is 4. The molecule has 0 atom stereocenters. The summed E-state index contributed by atoms with van der Waals surface area (Å²) in [6, 6.07) is 0. The van der Waals surface area contributed by atoms with Gasteiger partial charge in [0.1, 0.15) is 0 Å². The second kappa shape index (κ2) is 3.51. The molecule has 11 heavy (non-hydrogen) atoms. The number of aliphatic imine (C=N–C) groups is 1. The van der Waals surface area contributed by atoms with E-state index in [2.05, 4.69) is 4.99 Å². The lowest BCUT2D eigenvalue weighted by atomic mass is 10.2. The molecule has 0 unspecified atom stereocenters. The molecule has 3 nitrogen and oxygen atoms in total. The van der Waals surface area contributed by atoms with E-state index < -0.39 is 5.91 Å². The molecule has 0 aliphatic carbocycles. The molecule has 0 radical (unpaired) electrons. The first kappa shape index (κ1) is 7.47. The van der Waals surface area contributed by atoms with E-state index in [0.29, 0.717) is 5.57 Å². The Morgan fingerprint density at radius 2 is 2.18 bits per heavy atom. The van der Waals surface area contributed by atoms with Crippen molar-refractivity contribution < 1.29 is 4.79 Å². The molecule has 0 fully saturated rings. The van der Waals surface area contributed by atoms with Crippen LogP contribution in [0, 0.1) is 0 Å². The van der Waals surface area contributed by atoms with E-state index in [1.165, 1.54) is 6.21 Å². The van der Waals surface area contributed by atoms with Crippen molar-refractivity contribution in [3.8, 4) is 0 Å². The fourth-order valence-corrected chi connectivity index (χ4v) is 0.635. The minimum Gasteiger partial charge on any atom is -0.366 e. The monoisotopic (exact) mass is 148 g/mol. The van der Waals surface area contributed by atoms with E-state index in [4.69, 9.17) is 5.73 Å². The Kier molecular flexibility index (Phi) is 2.38. The summed E-state index contributed by atoms with van der Waals surface area (Å²) >= 11 is 0. The van der Waals surface area contributed by atoms with Gasteiger partial charge in [-0.3, -0.25) is 9.79 Å². The molecular formula is C8H8N2O. The molecular weight excluding hydrogens is 140 g/mol. The van der Waals surface area contributed by atoms with Gasteiger partial charge in [0, 0.05) is 12.4 Å². The van der Waals surface area contributed by atoms with Gasteiger partial charge in [-0.1, -0.05) is 12.2 Å². The zero-order chi connectivity index (χ0) is 8.10. The molecule has 1 rings (SSSR count). The number of primary amides is 1. The largest absolute Gasteiger partial charge is 0.366 e. The standard InChI is InChI=1S/C8H8N2O/c9-8(11)7-4-2-1-3-5-10-6-7/h1-6H,(H2,9,11)/b2-1-,3-1?,4-2?,5-3-,7-4?,7-6?,10-5?,10-6?. The number of amides is 1. The third kappa shape index (κ3) is 2.21. The zero-order valence-electron chi connectivity index (χ0n) is 5.90. The maximum atomic E-state index is 10.6. The molecule has 0 spiro atoms. The second-order valence-corrected chi connectivity index (χ2v) is 1.99. The molecule has 0 bridgehead atoms. The molecule has 0 aromatic heterocycles. The van der Waals surface area contributed by atoms with Gasteiger partial charge >= 0.3 is 0 Å². The predicted molar refractivity (Wildman–Crippen MR) is 44.0 cm³/mol. The van der Waals surface area contributed by atoms with E-state index >= 15 is 0 Å². The normalized spacial score (nSPS) is 21.3. The number of nitrogens with zero attached hydrogens (tertiary/aromatic N) is 1. The Morgan fingerprint density at radius 1 is 1.36 bits per heavy atom. The number of rotatable bonds is 1. The lowest BCUT2D eigenvalue weighted by Crippen LogP contribution is -2.14. The molecule has 1 heterocycles. The van der Waals surface area contributed by atoms with E-state index in [9.17, 15) is 4.79 Å². The average molecular weight is 148 g/mol. The summed E-state index contributed by atoms with van der Waals surface area (Å²) in [5, 5.41) is 0. The number of carbonyl (C=O) groups excluding carboxylic acids is 1. The Morgan fingerprint density at radius 3 is 2.91 bits per heavy atom. The van der Waals surface area contributed by atoms with E-state index in [0.717, 1.165) is 0 Å². The number of hydrogen-bond donors (Lipinski definition) is 1. The summed E-state index contributed by atoms with van der Waals surface area (Å²) < 4.78 is 0.